The topological polar surface area (TPSA) is 77.2 Å². The van der Waals surface area contributed by atoms with Crippen molar-refractivity contribution in [3.05, 3.63) is 92.0 Å². The first-order valence-electron chi connectivity index (χ1n) is 11.6. The number of aryl methyl sites for hydroxylation is 1. The van der Waals surface area contributed by atoms with Crippen LogP contribution in [-0.4, -0.2) is 38.2 Å². The molecule has 4 rings (SSSR count). The van der Waals surface area contributed by atoms with E-state index >= 15 is 0 Å². The van der Waals surface area contributed by atoms with E-state index in [2.05, 4.69) is 5.10 Å². The Bertz CT molecular complexity index is 1310. The molecule has 0 N–H and O–H groups in total. The maximum atomic E-state index is 14.3. The van der Waals surface area contributed by atoms with Crippen molar-refractivity contribution in [2.45, 2.75) is 58.0 Å². The molecule has 1 aromatic heterocycles. The Morgan fingerprint density at radius 3 is 2.41 bits per heavy atom. The van der Waals surface area contributed by atoms with Crippen molar-refractivity contribution in [1.82, 2.24) is 19.2 Å². The number of rotatable bonds is 5. The normalized spacial score (nSPS) is 15.2. The number of carbonyl (C=O) groups is 1. The van der Waals surface area contributed by atoms with Crippen molar-refractivity contribution >= 4 is 5.91 Å². The van der Waals surface area contributed by atoms with E-state index in [1.54, 1.807) is 31.9 Å². The monoisotopic (exact) mass is 464 g/mol. The molecule has 1 aliphatic carbocycles. The molecule has 7 nitrogen and oxygen atoms in total. The van der Waals surface area contributed by atoms with Crippen LogP contribution in [0.1, 0.15) is 66.7 Å². The zero-order valence-electron chi connectivity index (χ0n) is 19.7. The average Bonchev–Trinajstić information content (AvgIpc) is 2.86. The number of hydrogen-bond acceptors (Lipinski definition) is 4. The van der Waals surface area contributed by atoms with E-state index in [4.69, 9.17) is 0 Å². The minimum absolute atomic E-state index is 0.0136. The van der Waals surface area contributed by atoms with Crippen molar-refractivity contribution in [3.63, 3.8) is 0 Å². The molecular formula is C26H29FN4O3. The molecular weight excluding hydrogens is 435 g/mol. The fraction of sp³-hybridized carbons (Fsp3) is 0.385. The van der Waals surface area contributed by atoms with Gasteiger partial charge >= 0.3 is 5.69 Å². The first kappa shape index (κ1) is 23.6. The third-order valence-electron chi connectivity index (χ3n) is 6.72. The van der Waals surface area contributed by atoms with Crippen molar-refractivity contribution < 1.29 is 9.18 Å². The van der Waals surface area contributed by atoms with Gasteiger partial charge in [0.25, 0.3) is 11.5 Å². The summed E-state index contributed by atoms with van der Waals surface area (Å²) >= 11 is 0. The van der Waals surface area contributed by atoms with E-state index in [1.807, 2.05) is 30.3 Å². The molecule has 0 radical (unpaired) electrons. The van der Waals surface area contributed by atoms with Crippen LogP contribution < -0.4 is 11.2 Å². The van der Waals surface area contributed by atoms with Gasteiger partial charge in [-0.2, -0.15) is 9.78 Å². The summed E-state index contributed by atoms with van der Waals surface area (Å²) in [6.07, 6.45) is 4.89. The maximum absolute atomic E-state index is 14.3. The highest BCUT2D eigenvalue weighted by atomic mass is 19.1. The Kier molecular flexibility index (Phi) is 6.77. The zero-order chi connectivity index (χ0) is 24.4. The number of carbonyl (C=O) groups excluding carboxylic acids is 1. The minimum atomic E-state index is -0.752. The number of aromatic nitrogens is 3. The van der Waals surface area contributed by atoms with Gasteiger partial charge in [0.05, 0.1) is 11.7 Å². The second kappa shape index (κ2) is 9.75. The molecule has 1 atom stereocenters. The van der Waals surface area contributed by atoms with Gasteiger partial charge in [-0.3, -0.25) is 9.59 Å². The van der Waals surface area contributed by atoms with Gasteiger partial charge in [0, 0.05) is 19.2 Å². The number of amides is 1. The molecule has 34 heavy (non-hydrogen) atoms. The summed E-state index contributed by atoms with van der Waals surface area (Å²) in [6.45, 7) is 3.33. The van der Waals surface area contributed by atoms with Crippen LogP contribution in [0.25, 0.3) is 5.69 Å². The van der Waals surface area contributed by atoms with Gasteiger partial charge in [-0.05, 0) is 43.9 Å². The van der Waals surface area contributed by atoms with E-state index in [0.717, 1.165) is 46.9 Å². The molecule has 2 aromatic carbocycles. The van der Waals surface area contributed by atoms with E-state index < -0.39 is 29.0 Å². The lowest BCUT2D eigenvalue weighted by Gasteiger charge is -2.31. The highest BCUT2D eigenvalue weighted by Gasteiger charge is 2.29. The van der Waals surface area contributed by atoms with Crippen molar-refractivity contribution in [2.24, 2.45) is 0 Å². The second-order valence-corrected chi connectivity index (χ2v) is 8.95. The Balaban J connectivity index is 1.90. The summed E-state index contributed by atoms with van der Waals surface area (Å²) < 4.78 is 16.3. The lowest BCUT2D eigenvalue weighted by Crippen LogP contribution is -2.49. The van der Waals surface area contributed by atoms with Gasteiger partial charge in [0.2, 0.25) is 5.69 Å². The molecule has 1 saturated carbocycles. The van der Waals surface area contributed by atoms with Crippen LogP contribution in [0.15, 0.2) is 58.1 Å². The SMILES string of the molecule is Cc1ccc(-n2nc(C(=O)N(C)C3CCCCC3)c(=O)n(C(C)c3ccccc3)c2=O)cc1F. The molecule has 0 aliphatic heterocycles. The molecule has 3 aromatic rings. The van der Waals surface area contributed by atoms with Crippen molar-refractivity contribution in [2.75, 3.05) is 7.05 Å². The van der Waals surface area contributed by atoms with Crippen molar-refractivity contribution in [3.8, 4) is 5.69 Å². The minimum Gasteiger partial charge on any atom is -0.337 e. The van der Waals surface area contributed by atoms with Crippen LogP contribution in [-0.2, 0) is 0 Å². The predicted molar refractivity (Wildman–Crippen MR) is 128 cm³/mol. The molecule has 1 fully saturated rings. The van der Waals surface area contributed by atoms with Crippen LogP contribution >= 0.6 is 0 Å². The van der Waals surface area contributed by atoms with E-state index in [9.17, 15) is 18.8 Å². The second-order valence-electron chi connectivity index (χ2n) is 8.95. The molecule has 1 unspecified atom stereocenters. The summed E-state index contributed by atoms with van der Waals surface area (Å²) in [7, 11) is 1.67. The molecule has 178 valence electrons. The van der Waals surface area contributed by atoms with Gasteiger partial charge in [-0.15, -0.1) is 0 Å². The summed E-state index contributed by atoms with van der Waals surface area (Å²) in [5, 5.41) is 4.18. The highest BCUT2D eigenvalue weighted by Crippen LogP contribution is 2.22. The molecule has 8 heteroatoms. The largest absolute Gasteiger partial charge is 0.352 e. The van der Waals surface area contributed by atoms with Gasteiger partial charge in [-0.1, -0.05) is 55.7 Å². The molecule has 1 heterocycles. The number of nitrogens with zero attached hydrogens (tertiary/aromatic N) is 4. The summed E-state index contributed by atoms with van der Waals surface area (Å²) in [5.41, 5.74) is -0.545. The Labute approximate surface area is 197 Å². The number of hydrogen-bond donors (Lipinski definition) is 0. The number of halogens is 1. The molecule has 1 amide bonds. The Hall–Kier alpha value is -3.55. The third-order valence-corrected chi connectivity index (χ3v) is 6.72. The Morgan fingerprint density at radius 1 is 1.09 bits per heavy atom. The molecule has 0 spiro atoms. The van der Waals surface area contributed by atoms with Gasteiger partial charge < -0.3 is 4.90 Å². The van der Waals surface area contributed by atoms with Crippen LogP contribution in [0.4, 0.5) is 4.39 Å². The Morgan fingerprint density at radius 2 is 1.76 bits per heavy atom. The van der Waals surface area contributed by atoms with Crippen molar-refractivity contribution in [1.29, 1.82) is 0 Å². The smallest absolute Gasteiger partial charge is 0.337 e. The summed E-state index contributed by atoms with van der Waals surface area (Å²) in [5.74, 6) is -1.04. The molecule has 0 bridgehead atoms. The van der Waals surface area contributed by atoms with Crippen LogP contribution in [0.5, 0.6) is 0 Å². The van der Waals surface area contributed by atoms with Crippen LogP contribution in [0.2, 0.25) is 0 Å². The predicted octanol–water partition coefficient (Wildman–Crippen LogP) is 3.86. The number of benzene rings is 2. The summed E-state index contributed by atoms with van der Waals surface area (Å²) in [4.78, 5) is 42.0. The van der Waals surface area contributed by atoms with Crippen LogP contribution in [0.3, 0.4) is 0 Å². The first-order chi connectivity index (χ1) is 16.3. The first-order valence-corrected chi connectivity index (χ1v) is 11.6. The van der Waals surface area contributed by atoms with E-state index in [0.29, 0.717) is 5.56 Å². The van der Waals surface area contributed by atoms with Gasteiger partial charge in [0.1, 0.15) is 5.82 Å². The third kappa shape index (κ3) is 4.44. The molecule has 1 aliphatic rings. The highest BCUT2D eigenvalue weighted by molar-refractivity contribution is 5.91. The standard InChI is InChI=1S/C26H29FN4O3/c1-17-14-15-21(16-22(17)27)31-26(34)30(18(2)19-10-6-4-7-11-19)25(33)23(28-31)24(32)29(3)20-12-8-5-9-13-20/h4,6-7,10-11,14-16,18,20H,5,8-9,12-13H2,1-3H3. The van der Waals surface area contributed by atoms with Gasteiger partial charge in [0.15, 0.2) is 0 Å². The maximum Gasteiger partial charge on any atom is 0.352 e. The van der Waals surface area contributed by atoms with E-state index in [-0.39, 0.29) is 17.4 Å². The summed E-state index contributed by atoms with van der Waals surface area (Å²) in [6, 6.07) is 12.7. The van der Waals surface area contributed by atoms with Crippen LogP contribution in [0, 0.1) is 12.7 Å². The zero-order valence-corrected chi connectivity index (χ0v) is 19.7. The quantitative estimate of drug-likeness (QED) is 0.575. The molecule has 0 saturated heterocycles. The lowest BCUT2D eigenvalue weighted by molar-refractivity contribution is 0.0684. The average molecular weight is 465 g/mol. The van der Waals surface area contributed by atoms with Gasteiger partial charge in [-0.25, -0.2) is 13.8 Å². The lowest BCUT2D eigenvalue weighted by atomic mass is 9.94. The fourth-order valence-electron chi connectivity index (χ4n) is 4.53. The fourth-order valence-corrected chi connectivity index (χ4v) is 4.53. The van der Waals surface area contributed by atoms with E-state index in [1.165, 1.54) is 12.1 Å².